The van der Waals surface area contributed by atoms with E-state index in [1.165, 1.54) is 6.92 Å². The molecule has 1 aliphatic carbocycles. The summed E-state index contributed by atoms with van der Waals surface area (Å²) in [6.45, 7) is 6.85. The van der Waals surface area contributed by atoms with Crippen LogP contribution in [0, 0.1) is 5.92 Å². The van der Waals surface area contributed by atoms with Gasteiger partial charge < -0.3 is 24.6 Å². The number of fused-ring (bicyclic) bond motifs is 1. The summed E-state index contributed by atoms with van der Waals surface area (Å²) < 4.78 is 16.6. The smallest absolute Gasteiger partial charge is 0.311 e. The van der Waals surface area contributed by atoms with Crippen molar-refractivity contribution in [3.8, 4) is 0 Å². The van der Waals surface area contributed by atoms with Crippen LogP contribution in [0.25, 0.3) is 0 Å². The molecule has 2 N–H and O–H groups in total. The number of aliphatic hydroxyl groups excluding tert-OH is 1. The number of hydrogen-bond donors (Lipinski definition) is 2. The highest BCUT2D eigenvalue weighted by Crippen LogP contribution is 2.40. The zero-order chi connectivity index (χ0) is 15.8. The van der Waals surface area contributed by atoms with Crippen molar-refractivity contribution in [2.75, 3.05) is 6.61 Å². The Hall–Kier alpha value is -1.18. The number of rotatable bonds is 3. The summed E-state index contributed by atoms with van der Waals surface area (Å²) >= 11 is 0. The number of carbonyl (C=O) groups is 2. The Labute approximate surface area is 123 Å². The standard InChI is InChI=1S/C14H23NO6/c1-5-19-13(18)8-6-9(17)10(15-7(2)16)12-11(8)20-14(3,4)21-12/h8-12,17H,5-6H2,1-4H3,(H,15,16)/t8-,9-,10-,11-,12+/m1/s1. The molecule has 2 aliphatic rings. The van der Waals surface area contributed by atoms with E-state index in [9.17, 15) is 14.7 Å². The van der Waals surface area contributed by atoms with Gasteiger partial charge in [0.15, 0.2) is 5.79 Å². The Bertz CT molecular complexity index is 424. The molecule has 1 heterocycles. The third kappa shape index (κ3) is 3.36. The summed E-state index contributed by atoms with van der Waals surface area (Å²) in [4.78, 5) is 23.4. The summed E-state index contributed by atoms with van der Waals surface area (Å²) in [5, 5.41) is 13.0. The van der Waals surface area contributed by atoms with Crippen molar-refractivity contribution in [3.63, 3.8) is 0 Å². The summed E-state index contributed by atoms with van der Waals surface area (Å²) in [6.07, 6.45) is -1.84. The lowest BCUT2D eigenvalue weighted by Crippen LogP contribution is -2.60. The van der Waals surface area contributed by atoms with Gasteiger partial charge in [0.25, 0.3) is 0 Å². The van der Waals surface area contributed by atoms with E-state index in [-0.39, 0.29) is 18.9 Å². The molecule has 1 aliphatic heterocycles. The summed E-state index contributed by atoms with van der Waals surface area (Å²) in [5.74, 6) is -2.15. The van der Waals surface area contributed by atoms with E-state index in [4.69, 9.17) is 14.2 Å². The molecule has 1 saturated carbocycles. The Balaban J connectivity index is 2.23. The van der Waals surface area contributed by atoms with Crippen molar-refractivity contribution in [1.82, 2.24) is 5.32 Å². The number of amides is 1. The number of esters is 1. The third-order valence-electron chi connectivity index (χ3n) is 3.78. The molecule has 0 aromatic carbocycles. The van der Waals surface area contributed by atoms with Crippen molar-refractivity contribution in [2.24, 2.45) is 5.92 Å². The van der Waals surface area contributed by atoms with Crippen LogP contribution in [0.4, 0.5) is 0 Å². The monoisotopic (exact) mass is 301 g/mol. The van der Waals surface area contributed by atoms with Gasteiger partial charge in [0.2, 0.25) is 5.91 Å². The van der Waals surface area contributed by atoms with E-state index < -0.39 is 42.0 Å². The van der Waals surface area contributed by atoms with Crippen molar-refractivity contribution < 1.29 is 28.9 Å². The Kier molecular flexibility index (Phi) is 4.55. The van der Waals surface area contributed by atoms with Crippen molar-refractivity contribution in [1.29, 1.82) is 0 Å². The summed E-state index contributed by atoms with van der Waals surface area (Å²) in [5.41, 5.74) is 0. The van der Waals surface area contributed by atoms with Gasteiger partial charge in [0, 0.05) is 6.92 Å². The van der Waals surface area contributed by atoms with Crippen LogP contribution in [-0.4, -0.2) is 53.7 Å². The van der Waals surface area contributed by atoms with Crippen molar-refractivity contribution in [2.45, 2.75) is 64.3 Å². The van der Waals surface area contributed by atoms with Gasteiger partial charge in [-0.1, -0.05) is 0 Å². The van der Waals surface area contributed by atoms with Gasteiger partial charge in [-0.05, 0) is 27.2 Å². The molecule has 0 bridgehead atoms. The molecular formula is C14H23NO6. The quantitative estimate of drug-likeness (QED) is 0.710. The van der Waals surface area contributed by atoms with Crippen LogP contribution in [0.2, 0.25) is 0 Å². The molecule has 7 nitrogen and oxygen atoms in total. The molecule has 120 valence electrons. The predicted molar refractivity (Wildman–Crippen MR) is 72.2 cm³/mol. The molecule has 5 atom stereocenters. The lowest BCUT2D eigenvalue weighted by molar-refractivity contribution is -0.164. The molecule has 0 aromatic heterocycles. The summed E-state index contributed by atoms with van der Waals surface area (Å²) in [6, 6.07) is -0.597. The highest BCUT2D eigenvalue weighted by molar-refractivity contribution is 5.75. The maximum atomic E-state index is 12.1. The lowest BCUT2D eigenvalue weighted by atomic mass is 9.79. The maximum Gasteiger partial charge on any atom is 0.311 e. The fraction of sp³-hybridized carbons (Fsp3) is 0.857. The fourth-order valence-electron chi connectivity index (χ4n) is 3.06. The van der Waals surface area contributed by atoms with E-state index in [0.717, 1.165) is 0 Å². The largest absolute Gasteiger partial charge is 0.466 e. The molecule has 7 heteroatoms. The SMILES string of the molecule is CCOC(=O)[C@@H]1C[C@@H](O)[C@@H](NC(C)=O)[C@@H]2OC(C)(C)O[C@@H]21. The zero-order valence-electron chi connectivity index (χ0n) is 12.8. The second-order valence-corrected chi connectivity index (χ2v) is 5.95. The first-order chi connectivity index (χ1) is 9.75. The van der Waals surface area contributed by atoms with Crippen LogP contribution in [-0.2, 0) is 23.8 Å². The number of ether oxygens (including phenoxy) is 3. The highest BCUT2D eigenvalue weighted by Gasteiger charge is 2.56. The van der Waals surface area contributed by atoms with E-state index >= 15 is 0 Å². The molecule has 2 fully saturated rings. The first kappa shape index (κ1) is 16.2. The molecular weight excluding hydrogens is 278 g/mol. The summed E-state index contributed by atoms with van der Waals surface area (Å²) in [7, 11) is 0. The molecule has 0 unspecified atom stereocenters. The second-order valence-electron chi connectivity index (χ2n) is 5.95. The van der Waals surface area contributed by atoms with Gasteiger partial charge in [0.1, 0.15) is 12.2 Å². The van der Waals surface area contributed by atoms with Crippen LogP contribution < -0.4 is 5.32 Å². The first-order valence-corrected chi connectivity index (χ1v) is 7.22. The van der Waals surface area contributed by atoms with Crippen LogP contribution in [0.1, 0.15) is 34.1 Å². The van der Waals surface area contributed by atoms with Gasteiger partial charge >= 0.3 is 5.97 Å². The van der Waals surface area contributed by atoms with Crippen LogP contribution in [0.15, 0.2) is 0 Å². The lowest BCUT2D eigenvalue weighted by Gasteiger charge is -2.39. The third-order valence-corrected chi connectivity index (χ3v) is 3.78. The number of nitrogens with one attached hydrogen (secondary N) is 1. The Morgan fingerprint density at radius 3 is 2.52 bits per heavy atom. The normalized spacial score (nSPS) is 37.7. The minimum absolute atomic E-state index is 0.171. The molecule has 0 aromatic rings. The molecule has 0 spiro atoms. The van der Waals surface area contributed by atoms with Gasteiger partial charge in [-0.2, -0.15) is 0 Å². The number of aliphatic hydroxyl groups is 1. The number of carbonyl (C=O) groups excluding carboxylic acids is 2. The Morgan fingerprint density at radius 2 is 1.95 bits per heavy atom. The van der Waals surface area contributed by atoms with Gasteiger partial charge in [-0.25, -0.2) is 0 Å². The Morgan fingerprint density at radius 1 is 1.33 bits per heavy atom. The van der Waals surface area contributed by atoms with Gasteiger partial charge in [-0.3, -0.25) is 9.59 Å². The van der Waals surface area contributed by atoms with E-state index in [1.54, 1.807) is 20.8 Å². The van der Waals surface area contributed by atoms with E-state index in [2.05, 4.69) is 5.32 Å². The predicted octanol–water partition coefficient (Wildman–Crippen LogP) is -0.0449. The molecule has 0 radical (unpaired) electrons. The van der Waals surface area contributed by atoms with Gasteiger partial charge in [0.05, 0.1) is 24.7 Å². The first-order valence-electron chi connectivity index (χ1n) is 7.22. The van der Waals surface area contributed by atoms with Crippen molar-refractivity contribution >= 4 is 11.9 Å². The number of hydrogen-bond acceptors (Lipinski definition) is 6. The minimum atomic E-state index is -0.887. The van der Waals surface area contributed by atoms with Crippen LogP contribution >= 0.6 is 0 Å². The maximum absolute atomic E-state index is 12.1. The van der Waals surface area contributed by atoms with Gasteiger partial charge in [-0.15, -0.1) is 0 Å². The zero-order valence-corrected chi connectivity index (χ0v) is 12.8. The fourth-order valence-corrected chi connectivity index (χ4v) is 3.06. The molecule has 1 amide bonds. The van der Waals surface area contributed by atoms with Crippen LogP contribution in [0.5, 0.6) is 0 Å². The van der Waals surface area contributed by atoms with E-state index in [0.29, 0.717) is 0 Å². The molecule has 21 heavy (non-hydrogen) atoms. The second kappa shape index (κ2) is 5.90. The van der Waals surface area contributed by atoms with Crippen molar-refractivity contribution in [3.05, 3.63) is 0 Å². The van der Waals surface area contributed by atoms with Crippen LogP contribution in [0.3, 0.4) is 0 Å². The minimum Gasteiger partial charge on any atom is -0.466 e. The molecule has 2 rings (SSSR count). The highest BCUT2D eigenvalue weighted by atomic mass is 16.8. The van der Waals surface area contributed by atoms with E-state index in [1.807, 2.05) is 0 Å². The average Bonchev–Trinajstić information content (AvgIpc) is 2.68. The average molecular weight is 301 g/mol. The molecule has 1 saturated heterocycles. The topological polar surface area (TPSA) is 94.1 Å².